The number of anilines is 4. The van der Waals surface area contributed by atoms with Gasteiger partial charge in [-0.15, -0.1) is 0 Å². The van der Waals surface area contributed by atoms with E-state index in [4.69, 9.17) is 0 Å². The Hall–Kier alpha value is -3.26. The standard InChI is InChI=1S/C22H23FN6O/c23-17-5-1-15(2-6-17)11-26-19-9-18(29-13-22(30,14-29)16-3-4-16)10-20(27-19)28-21-12-24-7-8-25-21/h1-2,5-10,12,16,30H,3-4,11,13-14H2,(H2,25,26,27,28). The lowest BCUT2D eigenvalue weighted by Crippen LogP contribution is -2.63. The van der Waals surface area contributed by atoms with Crippen LogP contribution in [0, 0.1) is 11.7 Å². The van der Waals surface area contributed by atoms with E-state index in [-0.39, 0.29) is 5.82 Å². The average molecular weight is 406 g/mol. The number of pyridine rings is 1. The van der Waals surface area contributed by atoms with Gasteiger partial charge in [0.05, 0.1) is 6.20 Å². The molecule has 1 saturated carbocycles. The van der Waals surface area contributed by atoms with Crippen LogP contribution in [0.5, 0.6) is 0 Å². The molecule has 5 rings (SSSR count). The van der Waals surface area contributed by atoms with E-state index >= 15 is 0 Å². The monoisotopic (exact) mass is 406 g/mol. The molecular weight excluding hydrogens is 383 g/mol. The van der Waals surface area contributed by atoms with E-state index in [0.29, 0.717) is 43.0 Å². The van der Waals surface area contributed by atoms with Gasteiger partial charge in [-0.3, -0.25) is 4.98 Å². The summed E-state index contributed by atoms with van der Waals surface area (Å²) in [5, 5.41) is 17.2. The predicted molar refractivity (Wildman–Crippen MR) is 113 cm³/mol. The maximum Gasteiger partial charge on any atom is 0.150 e. The molecule has 3 aromatic rings. The Labute approximate surface area is 174 Å². The van der Waals surface area contributed by atoms with Gasteiger partial charge in [0.15, 0.2) is 0 Å². The molecule has 2 fully saturated rings. The summed E-state index contributed by atoms with van der Waals surface area (Å²) in [6.07, 6.45) is 7.10. The Kier molecular flexibility index (Phi) is 4.71. The van der Waals surface area contributed by atoms with Crippen molar-refractivity contribution in [1.82, 2.24) is 15.0 Å². The molecule has 1 saturated heterocycles. The maximum atomic E-state index is 13.1. The van der Waals surface area contributed by atoms with Crippen molar-refractivity contribution in [2.24, 2.45) is 5.92 Å². The van der Waals surface area contributed by atoms with E-state index in [1.165, 1.54) is 12.1 Å². The molecular formula is C22H23FN6O. The van der Waals surface area contributed by atoms with Crippen LogP contribution in [0.15, 0.2) is 55.0 Å². The van der Waals surface area contributed by atoms with Gasteiger partial charge in [-0.25, -0.2) is 14.4 Å². The summed E-state index contributed by atoms with van der Waals surface area (Å²) in [6, 6.07) is 10.3. The second kappa shape index (κ2) is 7.53. The number of hydrogen-bond acceptors (Lipinski definition) is 7. The van der Waals surface area contributed by atoms with Crippen molar-refractivity contribution in [3.8, 4) is 0 Å². The first-order chi connectivity index (χ1) is 14.6. The van der Waals surface area contributed by atoms with Gasteiger partial charge in [-0.2, -0.15) is 0 Å². The summed E-state index contributed by atoms with van der Waals surface area (Å²) in [6.45, 7) is 1.78. The molecule has 2 aromatic heterocycles. The van der Waals surface area contributed by atoms with E-state index in [0.717, 1.165) is 24.1 Å². The lowest BCUT2D eigenvalue weighted by atomic mass is 9.88. The molecule has 3 heterocycles. The fourth-order valence-corrected chi connectivity index (χ4v) is 3.82. The largest absolute Gasteiger partial charge is 0.386 e. The van der Waals surface area contributed by atoms with Gasteiger partial charge in [-0.05, 0) is 36.5 Å². The van der Waals surface area contributed by atoms with Crippen molar-refractivity contribution in [2.75, 3.05) is 28.6 Å². The molecule has 0 atom stereocenters. The van der Waals surface area contributed by atoms with Crippen molar-refractivity contribution in [2.45, 2.75) is 25.0 Å². The quantitative estimate of drug-likeness (QED) is 0.555. The molecule has 0 amide bonds. The van der Waals surface area contributed by atoms with Crippen molar-refractivity contribution in [3.05, 3.63) is 66.4 Å². The highest BCUT2D eigenvalue weighted by Gasteiger charge is 2.52. The number of halogens is 1. The minimum Gasteiger partial charge on any atom is -0.386 e. The van der Waals surface area contributed by atoms with Gasteiger partial charge in [0.2, 0.25) is 0 Å². The molecule has 1 aliphatic heterocycles. The number of β-amino-alcohol motifs (C(OH)–C–C–N with tert-alkyl or cyclic N) is 1. The Morgan fingerprint density at radius 2 is 1.83 bits per heavy atom. The highest BCUT2D eigenvalue weighted by atomic mass is 19.1. The number of aliphatic hydroxyl groups is 1. The van der Waals surface area contributed by atoms with Crippen molar-refractivity contribution < 1.29 is 9.50 Å². The Morgan fingerprint density at radius 3 is 2.53 bits per heavy atom. The van der Waals surface area contributed by atoms with Crippen LogP contribution >= 0.6 is 0 Å². The van der Waals surface area contributed by atoms with Crippen LogP contribution in [0.3, 0.4) is 0 Å². The predicted octanol–water partition coefficient (Wildman–Crippen LogP) is 3.33. The number of benzene rings is 1. The molecule has 1 aliphatic carbocycles. The molecule has 0 unspecified atom stereocenters. The summed E-state index contributed by atoms with van der Waals surface area (Å²) in [5.41, 5.74) is 1.37. The lowest BCUT2D eigenvalue weighted by molar-refractivity contribution is -0.00930. The summed E-state index contributed by atoms with van der Waals surface area (Å²) in [7, 11) is 0. The number of hydrogen-bond donors (Lipinski definition) is 3. The molecule has 0 bridgehead atoms. The number of aromatic nitrogens is 3. The third-order valence-corrected chi connectivity index (χ3v) is 5.65. The van der Waals surface area contributed by atoms with Gasteiger partial charge in [-0.1, -0.05) is 12.1 Å². The first-order valence-corrected chi connectivity index (χ1v) is 10.1. The fraction of sp³-hybridized carbons (Fsp3) is 0.318. The minimum absolute atomic E-state index is 0.254. The van der Waals surface area contributed by atoms with Crippen molar-refractivity contribution in [1.29, 1.82) is 0 Å². The molecule has 0 spiro atoms. The van der Waals surface area contributed by atoms with E-state index in [1.807, 2.05) is 12.1 Å². The van der Waals surface area contributed by atoms with Crippen LogP contribution in [-0.2, 0) is 6.54 Å². The highest BCUT2D eigenvalue weighted by Crippen LogP contribution is 2.46. The summed E-state index contributed by atoms with van der Waals surface area (Å²) >= 11 is 0. The zero-order valence-corrected chi connectivity index (χ0v) is 16.4. The van der Waals surface area contributed by atoms with Crippen LogP contribution in [-0.4, -0.2) is 38.7 Å². The molecule has 1 aromatic carbocycles. The van der Waals surface area contributed by atoms with Crippen LogP contribution in [0.4, 0.5) is 27.5 Å². The minimum atomic E-state index is -0.566. The second-order valence-electron chi connectivity index (χ2n) is 8.03. The Balaban J connectivity index is 1.36. The van der Waals surface area contributed by atoms with Gasteiger partial charge in [0.1, 0.15) is 28.9 Å². The van der Waals surface area contributed by atoms with Crippen LogP contribution in [0.1, 0.15) is 18.4 Å². The van der Waals surface area contributed by atoms with E-state index < -0.39 is 5.60 Å². The van der Waals surface area contributed by atoms with E-state index in [1.54, 1.807) is 30.7 Å². The molecule has 0 radical (unpaired) electrons. The smallest absolute Gasteiger partial charge is 0.150 e. The highest BCUT2D eigenvalue weighted by molar-refractivity contribution is 5.66. The maximum absolute atomic E-state index is 13.1. The van der Waals surface area contributed by atoms with Gasteiger partial charge >= 0.3 is 0 Å². The SMILES string of the molecule is OC1(C2CC2)CN(c2cc(NCc3ccc(F)cc3)nc(Nc3cnccn3)c2)C1. The summed E-state index contributed by atoms with van der Waals surface area (Å²) in [5.74, 6) is 2.10. The first-order valence-electron chi connectivity index (χ1n) is 10.1. The van der Waals surface area contributed by atoms with Gasteiger partial charge < -0.3 is 20.6 Å². The second-order valence-corrected chi connectivity index (χ2v) is 8.03. The zero-order chi connectivity index (χ0) is 20.6. The third kappa shape index (κ3) is 4.04. The van der Waals surface area contributed by atoms with Gasteiger partial charge in [0.25, 0.3) is 0 Å². The number of rotatable bonds is 7. The molecule has 8 heteroatoms. The molecule has 30 heavy (non-hydrogen) atoms. The van der Waals surface area contributed by atoms with Crippen molar-refractivity contribution in [3.63, 3.8) is 0 Å². The topological polar surface area (TPSA) is 86.2 Å². The van der Waals surface area contributed by atoms with Crippen LogP contribution in [0.25, 0.3) is 0 Å². The lowest BCUT2D eigenvalue weighted by Gasteiger charge is -2.48. The number of nitrogens with zero attached hydrogens (tertiary/aromatic N) is 4. The van der Waals surface area contributed by atoms with Crippen LogP contribution in [0.2, 0.25) is 0 Å². The fourth-order valence-electron chi connectivity index (χ4n) is 3.82. The average Bonchev–Trinajstić information content (AvgIpc) is 3.57. The van der Waals surface area contributed by atoms with Crippen molar-refractivity contribution >= 4 is 23.1 Å². The Morgan fingerprint density at radius 1 is 1.07 bits per heavy atom. The first kappa shape index (κ1) is 18.7. The molecule has 2 aliphatic rings. The molecule has 7 nitrogen and oxygen atoms in total. The third-order valence-electron chi connectivity index (χ3n) is 5.65. The summed E-state index contributed by atoms with van der Waals surface area (Å²) in [4.78, 5) is 15.1. The summed E-state index contributed by atoms with van der Waals surface area (Å²) < 4.78 is 13.1. The van der Waals surface area contributed by atoms with Crippen LogP contribution < -0.4 is 15.5 Å². The normalized spacial score (nSPS) is 17.3. The number of nitrogens with one attached hydrogen (secondary N) is 2. The molecule has 154 valence electrons. The van der Waals surface area contributed by atoms with E-state index in [2.05, 4.69) is 30.5 Å². The zero-order valence-electron chi connectivity index (χ0n) is 16.4. The molecule has 3 N–H and O–H groups in total. The Bertz CT molecular complexity index is 1020. The van der Waals surface area contributed by atoms with E-state index in [9.17, 15) is 9.50 Å². The van der Waals surface area contributed by atoms with Gasteiger partial charge in [0, 0.05) is 49.8 Å².